The lowest BCUT2D eigenvalue weighted by Gasteiger charge is -2.20. The molecule has 2 unspecified atom stereocenters. The normalized spacial score (nSPS) is 17.0. The van der Waals surface area contributed by atoms with Gasteiger partial charge in [0.25, 0.3) is 0 Å². The number of rotatable bonds is 6. The largest absolute Gasteiger partial charge is 0.395 e. The van der Waals surface area contributed by atoms with Gasteiger partial charge in [-0.2, -0.15) is 8.42 Å². The summed E-state index contributed by atoms with van der Waals surface area (Å²) in [6, 6.07) is -0.549. The molecule has 0 rings (SSSR count). The van der Waals surface area contributed by atoms with Gasteiger partial charge in [-0.05, 0) is 12.3 Å². The van der Waals surface area contributed by atoms with E-state index in [0.29, 0.717) is 6.42 Å². The lowest BCUT2D eigenvalue weighted by molar-refractivity contribution is 0.143. The zero-order chi connectivity index (χ0) is 11.4. The average molecular weight is 227 g/mol. The fourth-order valence-corrected chi connectivity index (χ4v) is 1.42. The average Bonchev–Trinajstić information content (AvgIpc) is 2.00. The van der Waals surface area contributed by atoms with Gasteiger partial charge in [-0.3, -0.25) is 9.87 Å². The maximum Gasteiger partial charge on any atom is 0.306 e. The van der Waals surface area contributed by atoms with Crippen molar-refractivity contribution >= 4 is 10.1 Å². The Balaban J connectivity index is 4.19. The second-order valence-electron chi connectivity index (χ2n) is 3.54. The van der Waals surface area contributed by atoms with Crippen LogP contribution >= 0.6 is 0 Å². The van der Waals surface area contributed by atoms with Gasteiger partial charge in [-0.15, -0.1) is 0 Å². The Morgan fingerprint density at radius 3 is 2.14 bits per heavy atom. The van der Waals surface area contributed by atoms with E-state index in [1.54, 1.807) is 0 Å². The topological polar surface area (TPSA) is 107 Å². The van der Waals surface area contributed by atoms with Gasteiger partial charge in [0.15, 0.2) is 0 Å². The van der Waals surface area contributed by atoms with E-state index in [-0.39, 0.29) is 12.5 Å². The molecule has 0 heterocycles. The number of aliphatic hydroxyl groups is 2. The Kier molecular flexibility index (Phi) is 5.53. The monoisotopic (exact) mass is 227 g/mol. The minimum atomic E-state index is -4.51. The van der Waals surface area contributed by atoms with Gasteiger partial charge in [-0.1, -0.05) is 13.8 Å². The predicted octanol–water partition coefficient (Wildman–Crippen LogP) is -0.853. The van der Waals surface area contributed by atoms with Crippen LogP contribution in [0.15, 0.2) is 0 Å². The molecule has 0 aromatic heterocycles. The van der Waals surface area contributed by atoms with Gasteiger partial charge < -0.3 is 10.2 Å². The van der Waals surface area contributed by atoms with E-state index in [1.165, 1.54) is 0 Å². The highest BCUT2D eigenvalue weighted by Gasteiger charge is 2.23. The maximum absolute atomic E-state index is 10.4. The third kappa shape index (κ3) is 5.51. The second kappa shape index (κ2) is 5.62. The SMILES string of the molecule is CC(C)CC(CO)NC(O)S(=O)(=O)O. The summed E-state index contributed by atoms with van der Waals surface area (Å²) in [5, 5.41) is 20.0. The van der Waals surface area contributed by atoms with Crippen LogP contribution < -0.4 is 5.32 Å². The van der Waals surface area contributed by atoms with Crippen LogP contribution in [0.4, 0.5) is 0 Å². The molecule has 0 fully saturated rings. The lowest BCUT2D eigenvalue weighted by Crippen LogP contribution is -2.45. The van der Waals surface area contributed by atoms with Crippen molar-refractivity contribution in [3.63, 3.8) is 0 Å². The van der Waals surface area contributed by atoms with Gasteiger partial charge in [0.1, 0.15) is 0 Å². The van der Waals surface area contributed by atoms with Gasteiger partial charge in [0, 0.05) is 6.04 Å². The maximum atomic E-state index is 10.4. The minimum Gasteiger partial charge on any atom is -0.395 e. The quantitative estimate of drug-likeness (QED) is 0.348. The number of hydrogen-bond acceptors (Lipinski definition) is 5. The van der Waals surface area contributed by atoms with Crippen molar-refractivity contribution in [1.82, 2.24) is 5.32 Å². The van der Waals surface area contributed by atoms with Crippen LogP contribution in [-0.4, -0.2) is 41.4 Å². The molecule has 0 aliphatic rings. The smallest absolute Gasteiger partial charge is 0.306 e. The Labute approximate surface area is 83.7 Å². The molecular formula is C7H17NO5S. The van der Waals surface area contributed by atoms with E-state index in [1.807, 2.05) is 13.8 Å². The molecule has 7 heteroatoms. The summed E-state index contributed by atoms with van der Waals surface area (Å²) >= 11 is 0. The highest BCUT2D eigenvalue weighted by Crippen LogP contribution is 2.05. The van der Waals surface area contributed by atoms with Crippen molar-refractivity contribution in [1.29, 1.82) is 0 Å². The zero-order valence-corrected chi connectivity index (χ0v) is 9.03. The number of aliphatic hydroxyl groups excluding tert-OH is 2. The molecule has 0 radical (unpaired) electrons. The van der Waals surface area contributed by atoms with E-state index in [9.17, 15) is 8.42 Å². The molecule has 0 spiro atoms. The van der Waals surface area contributed by atoms with Crippen LogP contribution in [0, 0.1) is 5.92 Å². The van der Waals surface area contributed by atoms with Crippen molar-refractivity contribution in [2.24, 2.45) is 5.92 Å². The summed E-state index contributed by atoms with van der Waals surface area (Å²) in [5.41, 5.74) is -2.04. The first-order valence-corrected chi connectivity index (χ1v) is 5.79. The van der Waals surface area contributed by atoms with Crippen molar-refractivity contribution in [2.75, 3.05) is 6.61 Å². The first-order valence-electron chi connectivity index (χ1n) is 4.28. The van der Waals surface area contributed by atoms with E-state index in [0.717, 1.165) is 0 Å². The minimum absolute atomic E-state index is 0.244. The van der Waals surface area contributed by atoms with Crippen LogP contribution in [-0.2, 0) is 10.1 Å². The molecular weight excluding hydrogens is 210 g/mol. The fraction of sp³-hybridized carbons (Fsp3) is 1.00. The first kappa shape index (κ1) is 13.8. The molecule has 0 bridgehead atoms. The van der Waals surface area contributed by atoms with E-state index >= 15 is 0 Å². The lowest BCUT2D eigenvalue weighted by atomic mass is 10.1. The Bertz CT molecular complexity index is 251. The predicted molar refractivity (Wildman–Crippen MR) is 51.0 cm³/mol. The summed E-state index contributed by atoms with van der Waals surface area (Å²) in [7, 11) is -4.51. The molecule has 0 aromatic rings. The molecule has 0 saturated heterocycles. The Morgan fingerprint density at radius 1 is 1.36 bits per heavy atom. The molecule has 2 atom stereocenters. The first-order chi connectivity index (χ1) is 6.27. The number of nitrogens with one attached hydrogen (secondary N) is 1. The van der Waals surface area contributed by atoms with Crippen molar-refractivity contribution in [2.45, 2.75) is 31.9 Å². The van der Waals surface area contributed by atoms with Crippen LogP contribution in [0.25, 0.3) is 0 Å². The molecule has 0 aliphatic carbocycles. The molecule has 4 N–H and O–H groups in total. The number of hydrogen-bond donors (Lipinski definition) is 4. The second-order valence-corrected chi connectivity index (χ2v) is 5.02. The van der Waals surface area contributed by atoms with Gasteiger partial charge in [0.2, 0.25) is 5.56 Å². The summed E-state index contributed by atoms with van der Waals surface area (Å²) in [6.07, 6.45) is 0.503. The third-order valence-electron chi connectivity index (χ3n) is 1.64. The van der Waals surface area contributed by atoms with E-state index in [4.69, 9.17) is 14.8 Å². The highest BCUT2D eigenvalue weighted by atomic mass is 32.2. The van der Waals surface area contributed by atoms with Crippen LogP contribution in [0.2, 0.25) is 0 Å². The summed E-state index contributed by atoms with van der Waals surface area (Å²) in [5.74, 6) is 0.244. The summed E-state index contributed by atoms with van der Waals surface area (Å²) in [6.45, 7) is 3.49. The molecule has 0 aliphatic heterocycles. The third-order valence-corrected chi connectivity index (χ3v) is 2.34. The molecule has 0 aromatic carbocycles. The molecule has 0 saturated carbocycles. The van der Waals surface area contributed by atoms with Crippen molar-refractivity contribution < 1.29 is 23.2 Å². The van der Waals surface area contributed by atoms with Gasteiger partial charge >= 0.3 is 10.1 Å². The van der Waals surface area contributed by atoms with Crippen LogP contribution in [0.3, 0.4) is 0 Å². The van der Waals surface area contributed by atoms with Gasteiger partial charge in [-0.25, -0.2) is 0 Å². The molecule has 14 heavy (non-hydrogen) atoms. The molecule has 0 amide bonds. The summed E-state index contributed by atoms with van der Waals surface area (Å²) in [4.78, 5) is 0. The van der Waals surface area contributed by atoms with Crippen molar-refractivity contribution in [3.05, 3.63) is 0 Å². The van der Waals surface area contributed by atoms with Crippen molar-refractivity contribution in [3.8, 4) is 0 Å². The Morgan fingerprint density at radius 2 is 1.86 bits per heavy atom. The Hall–Kier alpha value is -0.210. The highest BCUT2D eigenvalue weighted by molar-refractivity contribution is 7.86. The molecule has 6 nitrogen and oxygen atoms in total. The zero-order valence-electron chi connectivity index (χ0n) is 8.21. The van der Waals surface area contributed by atoms with E-state index < -0.39 is 21.7 Å². The fourth-order valence-electron chi connectivity index (χ4n) is 1.05. The van der Waals surface area contributed by atoms with Crippen LogP contribution in [0.1, 0.15) is 20.3 Å². The van der Waals surface area contributed by atoms with Crippen LogP contribution in [0.5, 0.6) is 0 Å². The van der Waals surface area contributed by atoms with Gasteiger partial charge in [0.05, 0.1) is 6.61 Å². The standard InChI is InChI=1S/C7H17NO5S/c1-5(2)3-6(4-9)8-7(10)14(11,12)13/h5-10H,3-4H2,1-2H3,(H,11,12,13). The van der Waals surface area contributed by atoms with E-state index in [2.05, 4.69) is 5.32 Å². The molecule has 86 valence electrons. The summed E-state index contributed by atoms with van der Waals surface area (Å²) < 4.78 is 29.3.